The molecule has 0 spiro atoms. The number of hydrogen-bond acceptors (Lipinski definition) is 3. The first-order chi connectivity index (χ1) is 11.8. The van der Waals surface area contributed by atoms with Crippen molar-refractivity contribution in [2.45, 2.75) is 26.0 Å². The fraction of sp³-hybridized carbons (Fsp3) is 0.263. The number of ether oxygens (including phenoxy) is 1. The van der Waals surface area contributed by atoms with Crippen LogP contribution in [0.1, 0.15) is 18.1 Å². The molecular weight excluding hydrogens is 340 g/mol. The lowest BCUT2D eigenvalue weighted by Crippen LogP contribution is -2.61. The van der Waals surface area contributed by atoms with E-state index in [9.17, 15) is 9.59 Å². The van der Waals surface area contributed by atoms with Crippen molar-refractivity contribution in [3.8, 4) is 5.75 Å². The van der Waals surface area contributed by atoms with E-state index < -0.39 is 17.4 Å². The van der Waals surface area contributed by atoms with Gasteiger partial charge in [-0.05, 0) is 43.2 Å². The summed E-state index contributed by atoms with van der Waals surface area (Å²) in [4.78, 5) is 26.9. The van der Waals surface area contributed by atoms with E-state index in [4.69, 9.17) is 16.3 Å². The zero-order chi connectivity index (χ0) is 18.2. The molecule has 0 saturated carbocycles. The highest BCUT2D eigenvalue weighted by Gasteiger charge is 2.49. The van der Waals surface area contributed by atoms with E-state index in [1.807, 2.05) is 37.3 Å². The number of halogens is 1. The molecule has 1 aliphatic heterocycles. The smallest absolute Gasteiger partial charge is 0.280 e. The van der Waals surface area contributed by atoms with E-state index in [2.05, 4.69) is 5.32 Å². The molecule has 0 aromatic heterocycles. The summed E-state index contributed by atoms with van der Waals surface area (Å²) in [6.45, 7) is 3.63. The lowest BCUT2D eigenvalue weighted by Gasteiger charge is -2.38. The van der Waals surface area contributed by atoms with Gasteiger partial charge in [-0.1, -0.05) is 35.9 Å². The third-order valence-electron chi connectivity index (χ3n) is 4.33. The Morgan fingerprint density at radius 3 is 2.72 bits per heavy atom. The molecule has 1 heterocycles. The van der Waals surface area contributed by atoms with Gasteiger partial charge in [0.2, 0.25) is 0 Å². The summed E-state index contributed by atoms with van der Waals surface area (Å²) < 4.78 is 5.80. The number of rotatable bonds is 3. The van der Waals surface area contributed by atoms with Gasteiger partial charge in [-0.25, -0.2) is 0 Å². The van der Waals surface area contributed by atoms with E-state index in [-0.39, 0.29) is 6.54 Å². The quantitative estimate of drug-likeness (QED) is 0.858. The first-order valence-electron chi connectivity index (χ1n) is 7.92. The van der Waals surface area contributed by atoms with E-state index in [1.165, 1.54) is 11.8 Å². The second-order valence-electron chi connectivity index (χ2n) is 6.24. The number of carbonyl (C=O) groups is 2. The lowest BCUT2D eigenvalue weighted by molar-refractivity contribution is -0.148. The number of fused-ring (bicyclic) bond motifs is 1. The summed E-state index contributed by atoms with van der Waals surface area (Å²) in [5.41, 5.74) is 0.807. The molecule has 0 radical (unpaired) electrons. The highest BCUT2D eigenvalue weighted by atomic mass is 35.5. The van der Waals surface area contributed by atoms with Crippen molar-refractivity contribution >= 4 is 29.1 Å². The van der Waals surface area contributed by atoms with Gasteiger partial charge in [0.1, 0.15) is 5.75 Å². The maximum atomic E-state index is 12.8. The molecule has 5 nitrogen and oxygen atoms in total. The van der Waals surface area contributed by atoms with E-state index >= 15 is 0 Å². The Hall–Kier alpha value is -2.53. The minimum absolute atomic E-state index is 0.217. The average molecular weight is 359 g/mol. The summed E-state index contributed by atoms with van der Waals surface area (Å²) in [6, 6.07) is 12.7. The zero-order valence-electron chi connectivity index (χ0n) is 14.3. The van der Waals surface area contributed by atoms with Gasteiger partial charge in [0.25, 0.3) is 17.4 Å². The van der Waals surface area contributed by atoms with Crippen molar-refractivity contribution in [1.82, 2.24) is 5.32 Å². The maximum Gasteiger partial charge on any atom is 0.280 e. The normalized spacial score (nSPS) is 19.2. The lowest BCUT2D eigenvalue weighted by atomic mass is 9.99. The fourth-order valence-corrected chi connectivity index (χ4v) is 3.00. The minimum Gasteiger partial charge on any atom is -0.466 e. The van der Waals surface area contributed by atoms with E-state index in [1.54, 1.807) is 19.2 Å². The number of nitrogens with one attached hydrogen (secondary N) is 1. The summed E-state index contributed by atoms with van der Waals surface area (Å²) in [5.74, 6) is -0.416. The summed E-state index contributed by atoms with van der Waals surface area (Å²) in [5, 5.41) is 3.30. The van der Waals surface area contributed by atoms with Crippen molar-refractivity contribution in [2.75, 3.05) is 11.9 Å². The van der Waals surface area contributed by atoms with Gasteiger partial charge in [-0.3, -0.25) is 9.59 Å². The Morgan fingerprint density at radius 2 is 2.00 bits per heavy atom. The van der Waals surface area contributed by atoms with Crippen LogP contribution in [0.5, 0.6) is 5.75 Å². The first-order valence-corrected chi connectivity index (χ1v) is 8.30. The highest BCUT2D eigenvalue weighted by Crippen LogP contribution is 2.37. The van der Waals surface area contributed by atoms with Crippen LogP contribution in [-0.4, -0.2) is 24.5 Å². The number of benzene rings is 2. The van der Waals surface area contributed by atoms with Gasteiger partial charge >= 0.3 is 0 Å². The summed E-state index contributed by atoms with van der Waals surface area (Å²) in [6.07, 6.45) is 0. The number of amides is 2. The van der Waals surface area contributed by atoms with E-state index in [0.717, 1.165) is 11.1 Å². The molecule has 25 heavy (non-hydrogen) atoms. The molecule has 130 valence electrons. The Morgan fingerprint density at radius 1 is 1.28 bits per heavy atom. The molecule has 0 fully saturated rings. The Labute approximate surface area is 151 Å². The van der Waals surface area contributed by atoms with Crippen molar-refractivity contribution in [3.63, 3.8) is 0 Å². The van der Waals surface area contributed by atoms with Gasteiger partial charge in [0.15, 0.2) is 0 Å². The number of likely N-dealkylation sites (N-methyl/N-ethyl adjacent to an activating group) is 1. The van der Waals surface area contributed by atoms with Crippen LogP contribution in [0, 0.1) is 6.92 Å². The molecule has 0 saturated heterocycles. The largest absolute Gasteiger partial charge is 0.466 e. The molecule has 0 bridgehead atoms. The van der Waals surface area contributed by atoms with Crippen LogP contribution in [0.15, 0.2) is 42.5 Å². The monoisotopic (exact) mass is 358 g/mol. The SMILES string of the molecule is Cc1ccc2c(c1)N(C)C(=O)C(C)(C(=O)NCc1ccccc1Cl)O2. The Kier molecular flexibility index (Phi) is 4.43. The number of nitrogens with zero attached hydrogens (tertiary/aromatic N) is 1. The van der Waals surface area contributed by atoms with Crippen molar-refractivity contribution in [3.05, 3.63) is 58.6 Å². The topological polar surface area (TPSA) is 58.6 Å². The third kappa shape index (κ3) is 3.07. The van der Waals surface area contributed by atoms with Gasteiger partial charge in [-0.15, -0.1) is 0 Å². The van der Waals surface area contributed by atoms with Crippen LogP contribution in [0.2, 0.25) is 5.02 Å². The van der Waals surface area contributed by atoms with Crippen LogP contribution in [0.4, 0.5) is 5.69 Å². The second-order valence-corrected chi connectivity index (χ2v) is 6.65. The molecule has 2 aromatic carbocycles. The molecule has 2 amide bonds. The molecule has 1 aliphatic rings. The predicted octanol–water partition coefficient (Wildman–Crippen LogP) is 3.08. The highest BCUT2D eigenvalue weighted by molar-refractivity contribution is 6.31. The van der Waals surface area contributed by atoms with Crippen LogP contribution >= 0.6 is 11.6 Å². The van der Waals surface area contributed by atoms with Gasteiger partial charge in [-0.2, -0.15) is 0 Å². The Balaban J connectivity index is 1.83. The zero-order valence-corrected chi connectivity index (χ0v) is 15.1. The molecule has 1 N–H and O–H groups in total. The van der Waals surface area contributed by atoms with Crippen LogP contribution in [0.25, 0.3) is 0 Å². The molecule has 2 aromatic rings. The van der Waals surface area contributed by atoms with E-state index in [0.29, 0.717) is 16.5 Å². The number of anilines is 1. The van der Waals surface area contributed by atoms with Crippen LogP contribution < -0.4 is 15.0 Å². The summed E-state index contributed by atoms with van der Waals surface area (Å²) >= 11 is 6.10. The van der Waals surface area contributed by atoms with Crippen molar-refractivity contribution < 1.29 is 14.3 Å². The summed E-state index contributed by atoms with van der Waals surface area (Å²) in [7, 11) is 1.64. The first kappa shape index (κ1) is 17.3. The third-order valence-corrected chi connectivity index (χ3v) is 4.70. The van der Waals surface area contributed by atoms with Gasteiger partial charge in [0.05, 0.1) is 5.69 Å². The minimum atomic E-state index is -1.63. The molecule has 1 atom stereocenters. The standard InChI is InChI=1S/C19H19ClN2O3/c1-12-8-9-16-15(10-12)22(3)18(24)19(2,25-16)17(23)21-11-13-6-4-5-7-14(13)20/h4-10H,11H2,1-3H3,(H,21,23). The van der Waals surface area contributed by atoms with Crippen LogP contribution in [0.3, 0.4) is 0 Å². The van der Waals surface area contributed by atoms with Crippen molar-refractivity contribution in [2.24, 2.45) is 0 Å². The maximum absolute atomic E-state index is 12.8. The molecule has 0 aliphatic carbocycles. The van der Waals surface area contributed by atoms with Crippen molar-refractivity contribution in [1.29, 1.82) is 0 Å². The molecule has 1 unspecified atom stereocenters. The number of carbonyl (C=O) groups excluding carboxylic acids is 2. The number of aryl methyl sites for hydroxylation is 1. The second kappa shape index (κ2) is 6.41. The van der Waals surface area contributed by atoms with Gasteiger partial charge < -0.3 is 15.0 Å². The van der Waals surface area contributed by atoms with Gasteiger partial charge in [0, 0.05) is 18.6 Å². The molecule has 6 heteroatoms. The van der Waals surface area contributed by atoms with Crippen LogP contribution in [-0.2, 0) is 16.1 Å². The average Bonchev–Trinajstić information content (AvgIpc) is 2.59. The predicted molar refractivity (Wildman–Crippen MR) is 96.9 cm³/mol. The fourth-order valence-electron chi connectivity index (χ4n) is 2.80. The molecular formula is C19H19ClN2O3. The molecule has 3 rings (SSSR count). The Bertz CT molecular complexity index is 852. The number of hydrogen-bond donors (Lipinski definition) is 1.